The summed E-state index contributed by atoms with van der Waals surface area (Å²) in [6.45, 7) is 10.1. The lowest BCUT2D eigenvalue weighted by Gasteiger charge is -2.32. The van der Waals surface area contributed by atoms with E-state index in [0.717, 1.165) is 18.4 Å². The average Bonchev–Trinajstić information content (AvgIpc) is 2.76. The Morgan fingerprint density at radius 3 is 2.22 bits per heavy atom. The van der Waals surface area contributed by atoms with Crippen LogP contribution in [0.1, 0.15) is 58.9 Å². The predicted molar refractivity (Wildman–Crippen MR) is 123 cm³/mol. The van der Waals surface area contributed by atoms with E-state index in [1.165, 1.54) is 4.31 Å². The van der Waals surface area contributed by atoms with Crippen molar-refractivity contribution < 1.29 is 22.7 Å². The van der Waals surface area contributed by atoms with Gasteiger partial charge in [-0.15, -0.1) is 0 Å². The highest BCUT2D eigenvalue weighted by molar-refractivity contribution is 7.89. The Bertz CT molecular complexity index is 913. The van der Waals surface area contributed by atoms with E-state index in [-0.39, 0.29) is 41.8 Å². The number of likely N-dealkylation sites (tertiary alicyclic amines) is 1. The molecule has 2 heterocycles. The van der Waals surface area contributed by atoms with Crippen molar-refractivity contribution in [3.8, 4) is 0 Å². The van der Waals surface area contributed by atoms with Gasteiger partial charge in [-0.05, 0) is 54.7 Å². The van der Waals surface area contributed by atoms with Crippen LogP contribution in [0.3, 0.4) is 0 Å². The van der Waals surface area contributed by atoms with E-state index in [1.54, 1.807) is 17.0 Å². The largest absolute Gasteiger partial charge is 0.455 e. The summed E-state index contributed by atoms with van der Waals surface area (Å²) in [5.74, 6) is -0.462. The second kappa shape index (κ2) is 9.91. The van der Waals surface area contributed by atoms with E-state index in [0.29, 0.717) is 31.8 Å². The van der Waals surface area contributed by atoms with Crippen molar-refractivity contribution in [2.75, 3.05) is 32.8 Å². The maximum Gasteiger partial charge on any atom is 0.309 e. The standard InChI is InChI=1S/C24H36N2O5S/c1-18-6-5-13-25(16-18)22(27)17-31-23(28)19-11-14-26(15-12-19)32(29,30)21-9-7-20(8-10-21)24(2,3)4/h7-10,18-19H,5-6,11-17H2,1-4H3. The van der Waals surface area contributed by atoms with Crippen LogP contribution in [-0.2, 0) is 29.8 Å². The van der Waals surface area contributed by atoms with Gasteiger partial charge in [0.1, 0.15) is 0 Å². The molecule has 0 spiro atoms. The molecular weight excluding hydrogens is 428 g/mol. The summed E-state index contributed by atoms with van der Waals surface area (Å²) in [6, 6.07) is 7.03. The molecule has 7 nitrogen and oxygen atoms in total. The van der Waals surface area contributed by atoms with Gasteiger partial charge in [-0.2, -0.15) is 4.31 Å². The lowest BCUT2D eigenvalue weighted by Crippen LogP contribution is -2.43. The van der Waals surface area contributed by atoms with Crippen LogP contribution in [0.5, 0.6) is 0 Å². The molecule has 0 radical (unpaired) electrons. The normalized spacial score (nSPS) is 21.4. The van der Waals surface area contributed by atoms with E-state index in [4.69, 9.17) is 4.74 Å². The van der Waals surface area contributed by atoms with Crippen LogP contribution in [0.2, 0.25) is 0 Å². The van der Waals surface area contributed by atoms with Crippen molar-refractivity contribution in [3.05, 3.63) is 29.8 Å². The van der Waals surface area contributed by atoms with Gasteiger partial charge >= 0.3 is 5.97 Å². The van der Waals surface area contributed by atoms with E-state index >= 15 is 0 Å². The highest BCUT2D eigenvalue weighted by Gasteiger charge is 2.33. The average molecular weight is 465 g/mol. The predicted octanol–water partition coefficient (Wildman–Crippen LogP) is 3.19. The van der Waals surface area contributed by atoms with Gasteiger partial charge in [-0.1, -0.05) is 39.8 Å². The molecule has 2 fully saturated rings. The highest BCUT2D eigenvalue weighted by Crippen LogP contribution is 2.27. The Labute approximate surface area is 192 Å². The number of benzene rings is 1. The first kappa shape index (κ1) is 24.7. The zero-order valence-corrected chi connectivity index (χ0v) is 20.5. The number of piperidine rings is 2. The second-order valence-electron chi connectivity index (χ2n) is 10.1. The van der Waals surface area contributed by atoms with Crippen LogP contribution < -0.4 is 0 Å². The first-order valence-corrected chi connectivity index (χ1v) is 13.0. The Hall–Kier alpha value is -1.93. The quantitative estimate of drug-likeness (QED) is 0.625. The minimum Gasteiger partial charge on any atom is -0.455 e. The fourth-order valence-corrected chi connectivity index (χ4v) is 5.84. The Morgan fingerprint density at radius 2 is 1.66 bits per heavy atom. The summed E-state index contributed by atoms with van der Waals surface area (Å²) in [4.78, 5) is 26.8. The highest BCUT2D eigenvalue weighted by atomic mass is 32.2. The summed E-state index contributed by atoms with van der Waals surface area (Å²) in [6.07, 6.45) is 2.89. The fraction of sp³-hybridized carbons (Fsp3) is 0.667. The molecule has 2 saturated heterocycles. The molecule has 0 N–H and O–H groups in total. The van der Waals surface area contributed by atoms with Crippen LogP contribution >= 0.6 is 0 Å². The number of sulfonamides is 1. The van der Waals surface area contributed by atoms with Crippen molar-refractivity contribution >= 4 is 21.9 Å². The minimum atomic E-state index is -3.60. The van der Waals surface area contributed by atoms with Crippen LogP contribution in [0, 0.1) is 11.8 Å². The number of hydrogen-bond acceptors (Lipinski definition) is 5. The van der Waals surface area contributed by atoms with E-state index in [2.05, 4.69) is 27.7 Å². The number of amides is 1. The number of rotatable bonds is 5. The zero-order chi connectivity index (χ0) is 23.5. The van der Waals surface area contributed by atoms with Crippen molar-refractivity contribution in [1.29, 1.82) is 0 Å². The van der Waals surface area contributed by atoms with Gasteiger partial charge in [0.15, 0.2) is 6.61 Å². The van der Waals surface area contributed by atoms with E-state index in [1.807, 2.05) is 12.1 Å². The van der Waals surface area contributed by atoms with Crippen molar-refractivity contribution in [1.82, 2.24) is 9.21 Å². The molecule has 0 aliphatic carbocycles. The molecule has 1 atom stereocenters. The molecular formula is C24H36N2O5S. The third kappa shape index (κ3) is 5.90. The Balaban J connectivity index is 1.50. The minimum absolute atomic E-state index is 0.0470. The van der Waals surface area contributed by atoms with Crippen LogP contribution in [0.15, 0.2) is 29.2 Å². The summed E-state index contributed by atoms with van der Waals surface area (Å²) >= 11 is 0. The molecule has 2 aliphatic rings. The van der Waals surface area contributed by atoms with Gasteiger partial charge in [-0.3, -0.25) is 9.59 Å². The molecule has 2 aliphatic heterocycles. The third-order valence-corrected chi connectivity index (χ3v) is 8.41. The summed E-state index contributed by atoms with van der Waals surface area (Å²) in [7, 11) is -3.60. The maximum atomic E-state index is 13.0. The summed E-state index contributed by atoms with van der Waals surface area (Å²) < 4.78 is 32.7. The van der Waals surface area contributed by atoms with Gasteiger partial charge in [0, 0.05) is 26.2 Å². The SMILES string of the molecule is CC1CCCN(C(=O)COC(=O)C2CCN(S(=O)(=O)c3ccc(C(C)(C)C)cc3)CC2)C1. The molecule has 0 saturated carbocycles. The van der Waals surface area contributed by atoms with Crippen LogP contribution in [-0.4, -0.2) is 62.3 Å². The van der Waals surface area contributed by atoms with Gasteiger partial charge in [0.05, 0.1) is 10.8 Å². The maximum absolute atomic E-state index is 13.0. The lowest BCUT2D eigenvalue weighted by atomic mass is 9.87. The molecule has 3 rings (SSSR count). The molecule has 1 aromatic carbocycles. The molecule has 1 aromatic rings. The van der Waals surface area contributed by atoms with Gasteiger partial charge in [-0.25, -0.2) is 8.42 Å². The van der Waals surface area contributed by atoms with Crippen molar-refractivity contribution in [3.63, 3.8) is 0 Å². The third-order valence-electron chi connectivity index (χ3n) is 6.49. The fourth-order valence-electron chi connectivity index (χ4n) is 4.37. The number of ether oxygens (including phenoxy) is 1. The number of nitrogens with zero attached hydrogens (tertiary/aromatic N) is 2. The number of carbonyl (C=O) groups is 2. The smallest absolute Gasteiger partial charge is 0.309 e. The molecule has 1 amide bonds. The van der Waals surface area contributed by atoms with Crippen LogP contribution in [0.4, 0.5) is 0 Å². The van der Waals surface area contributed by atoms with E-state index in [9.17, 15) is 18.0 Å². The molecule has 178 valence electrons. The topological polar surface area (TPSA) is 84.0 Å². The molecule has 8 heteroatoms. The van der Waals surface area contributed by atoms with Gasteiger partial charge in [0.2, 0.25) is 10.0 Å². The lowest BCUT2D eigenvalue weighted by molar-refractivity contribution is -0.157. The number of carbonyl (C=O) groups excluding carboxylic acids is 2. The van der Waals surface area contributed by atoms with Gasteiger partial charge in [0.25, 0.3) is 5.91 Å². The molecule has 1 unspecified atom stereocenters. The van der Waals surface area contributed by atoms with E-state index < -0.39 is 16.0 Å². The zero-order valence-electron chi connectivity index (χ0n) is 19.7. The second-order valence-corrected chi connectivity index (χ2v) is 12.1. The van der Waals surface area contributed by atoms with Crippen LogP contribution in [0.25, 0.3) is 0 Å². The van der Waals surface area contributed by atoms with Crippen molar-refractivity contribution in [2.24, 2.45) is 11.8 Å². The first-order chi connectivity index (χ1) is 15.0. The summed E-state index contributed by atoms with van der Waals surface area (Å²) in [5, 5.41) is 0. The van der Waals surface area contributed by atoms with Crippen molar-refractivity contribution in [2.45, 2.75) is 63.7 Å². The Morgan fingerprint density at radius 1 is 1.03 bits per heavy atom. The number of hydrogen-bond donors (Lipinski definition) is 0. The monoisotopic (exact) mass is 464 g/mol. The molecule has 32 heavy (non-hydrogen) atoms. The first-order valence-electron chi connectivity index (χ1n) is 11.5. The molecule has 0 aromatic heterocycles. The summed E-state index contributed by atoms with van der Waals surface area (Å²) in [5.41, 5.74) is 1.03. The van der Waals surface area contributed by atoms with Gasteiger partial charge < -0.3 is 9.64 Å². The Kier molecular flexibility index (Phi) is 7.65. The molecule has 0 bridgehead atoms. The number of esters is 1.